The summed E-state index contributed by atoms with van der Waals surface area (Å²) in [5.41, 5.74) is 9.28. The Morgan fingerprint density at radius 3 is 2.67 bits per heavy atom. The van der Waals surface area contributed by atoms with Gasteiger partial charge in [0.05, 0.1) is 11.7 Å². The molecule has 4 heteroatoms. The molecule has 0 fully saturated rings. The standard InChI is InChI=1S/C17H24N4/c1-17(2,3)11-14-10-16-19-9-8-15(21(16)20-14)12-4-6-13(18)7-5-12/h4-7,10,15,19H,8-9,11,18H2,1-3H3. The van der Waals surface area contributed by atoms with Gasteiger partial charge in [-0.1, -0.05) is 32.9 Å². The number of fused-ring (bicyclic) bond motifs is 1. The van der Waals surface area contributed by atoms with E-state index in [9.17, 15) is 0 Å². The largest absolute Gasteiger partial charge is 0.399 e. The maximum Gasteiger partial charge on any atom is 0.125 e. The summed E-state index contributed by atoms with van der Waals surface area (Å²) < 4.78 is 2.14. The molecule has 0 aliphatic carbocycles. The Hall–Kier alpha value is -1.97. The van der Waals surface area contributed by atoms with Gasteiger partial charge in [-0.2, -0.15) is 5.10 Å². The van der Waals surface area contributed by atoms with Gasteiger partial charge in [0.15, 0.2) is 0 Å². The summed E-state index contributed by atoms with van der Waals surface area (Å²) in [6, 6.07) is 10.7. The van der Waals surface area contributed by atoms with Crippen LogP contribution in [0.3, 0.4) is 0 Å². The summed E-state index contributed by atoms with van der Waals surface area (Å²) in [4.78, 5) is 0. The Morgan fingerprint density at radius 2 is 2.00 bits per heavy atom. The number of anilines is 2. The second-order valence-corrected chi connectivity index (χ2v) is 7.10. The highest BCUT2D eigenvalue weighted by atomic mass is 15.4. The number of hydrogen-bond acceptors (Lipinski definition) is 3. The fourth-order valence-electron chi connectivity index (χ4n) is 2.93. The topological polar surface area (TPSA) is 55.9 Å². The van der Waals surface area contributed by atoms with Gasteiger partial charge in [0.25, 0.3) is 0 Å². The van der Waals surface area contributed by atoms with Crippen LogP contribution >= 0.6 is 0 Å². The summed E-state index contributed by atoms with van der Waals surface area (Å²) in [5.74, 6) is 1.13. The zero-order chi connectivity index (χ0) is 15.0. The van der Waals surface area contributed by atoms with Gasteiger partial charge >= 0.3 is 0 Å². The monoisotopic (exact) mass is 284 g/mol. The molecule has 0 bridgehead atoms. The summed E-state index contributed by atoms with van der Waals surface area (Å²) in [6.07, 6.45) is 2.04. The average molecular weight is 284 g/mol. The molecule has 1 aromatic carbocycles. The van der Waals surface area contributed by atoms with Gasteiger partial charge in [-0.15, -0.1) is 0 Å². The van der Waals surface area contributed by atoms with Crippen LogP contribution in [0.25, 0.3) is 0 Å². The molecule has 0 spiro atoms. The van der Waals surface area contributed by atoms with Crippen LogP contribution in [0.4, 0.5) is 11.5 Å². The Morgan fingerprint density at radius 1 is 1.29 bits per heavy atom. The molecule has 4 nitrogen and oxygen atoms in total. The quantitative estimate of drug-likeness (QED) is 0.830. The lowest BCUT2D eigenvalue weighted by Crippen LogP contribution is -2.24. The lowest BCUT2D eigenvalue weighted by atomic mass is 9.91. The Balaban J connectivity index is 1.92. The van der Waals surface area contributed by atoms with E-state index in [0.29, 0.717) is 6.04 Å². The molecule has 1 aliphatic heterocycles. The highest BCUT2D eigenvalue weighted by Crippen LogP contribution is 2.31. The van der Waals surface area contributed by atoms with Crippen LogP contribution < -0.4 is 11.1 Å². The second-order valence-electron chi connectivity index (χ2n) is 7.10. The van der Waals surface area contributed by atoms with Crippen molar-refractivity contribution in [1.29, 1.82) is 0 Å². The van der Waals surface area contributed by atoms with E-state index in [1.54, 1.807) is 0 Å². The molecule has 112 valence electrons. The first-order chi connectivity index (χ1) is 9.92. The van der Waals surface area contributed by atoms with Gasteiger partial charge < -0.3 is 11.1 Å². The molecule has 2 heterocycles. The van der Waals surface area contributed by atoms with Crippen molar-refractivity contribution in [2.75, 3.05) is 17.6 Å². The van der Waals surface area contributed by atoms with Crippen molar-refractivity contribution in [3.63, 3.8) is 0 Å². The highest BCUT2D eigenvalue weighted by Gasteiger charge is 2.24. The summed E-state index contributed by atoms with van der Waals surface area (Å²) in [5, 5.41) is 8.29. The maximum atomic E-state index is 5.79. The van der Waals surface area contributed by atoms with Gasteiger partial charge in [0, 0.05) is 18.3 Å². The van der Waals surface area contributed by atoms with Gasteiger partial charge in [-0.3, -0.25) is 0 Å². The molecule has 0 amide bonds. The van der Waals surface area contributed by atoms with Crippen molar-refractivity contribution in [1.82, 2.24) is 9.78 Å². The number of nitrogens with one attached hydrogen (secondary N) is 1. The molecule has 0 radical (unpaired) electrons. The lowest BCUT2D eigenvalue weighted by Gasteiger charge is -2.26. The first-order valence-corrected chi connectivity index (χ1v) is 7.60. The van der Waals surface area contributed by atoms with Crippen molar-refractivity contribution < 1.29 is 0 Å². The maximum absolute atomic E-state index is 5.79. The first-order valence-electron chi connectivity index (χ1n) is 7.60. The van der Waals surface area contributed by atoms with E-state index in [1.165, 1.54) is 5.56 Å². The molecule has 1 atom stereocenters. The number of nitrogens with two attached hydrogens (primary N) is 1. The number of hydrogen-bond donors (Lipinski definition) is 2. The Kier molecular flexibility index (Phi) is 3.40. The SMILES string of the molecule is CC(C)(C)Cc1cc2n(n1)C(c1ccc(N)cc1)CCN2. The van der Waals surface area contributed by atoms with Crippen molar-refractivity contribution in [3.8, 4) is 0 Å². The predicted octanol–water partition coefficient (Wildman–Crippen LogP) is 3.46. The molecule has 1 aliphatic rings. The van der Waals surface area contributed by atoms with Crippen molar-refractivity contribution in [2.24, 2.45) is 5.41 Å². The highest BCUT2D eigenvalue weighted by molar-refractivity contribution is 5.44. The molecule has 21 heavy (non-hydrogen) atoms. The van der Waals surface area contributed by atoms with Crippen molar-refractivity contribution in [2.45, 2.75) is 39.7 Å². The third-order valence-electron chi connectivity index (χ3n) is 3.84. The first kappa shape index (κ1) is 14.0. The summed E-state index contributed by atoms with van der Waals surface area (Å²) in [6.45, 7) is 7.72. The molecule has 3 N–H and O–H groups in total. The minimum Gasteiger partial charge on any atom is -0.399 e. The fraction of sp³-hybridized carbons (Fsp3) is 0.471. The zero-order valence-corrected chi connectivity index (χ0v) is 13.1. The Bertz CT molecular complexity index is 619. The minimum absolute atomic E-state index is 0.251. The number of benzene rings is 1. The number of nitrogens with zero attached hydrogens (tertiary/aromatic N) is 2. The van der Waals surface area contributed by atoms with Crippen LogP contribution in [0.2, 0.25) is 0 Å². The smallest absolute Gasteiger partial charge is 0.125 e. The molecule has 0 saturated carbocycles. The van der Waals surface area contributed by atoms with E-state index in [-0.39, 0.29) is 5.41 Å². The molecule has 1 unspecified atom stereocenters. The fourth-order valence-corrected chi connectivity index (χ4v) is 2.93. The molecule has 3 rings (SSSR count). The van der Waals surface area contributed by atoms with Gasteiger partial charge in [-0.05, 0) is 36.0 Å². The number of aromatic nitrogens is 2. The van der Waals surface area contributed by atoms with Crippen molar-refractivity contribution >= 4 is 11.5 Å². The van der Waals surface area contributed by atoms with Crippen LogP contribution in [-0.2, 0) is 6.42 Å². The molecular weight excluding hydrogens is 260 g/mol. The van der Waals surface area contributed by atoms with Crippen LogP contribution in [0, 0.1) is 5.41 Å². The van der Waals surface area contributed by atoms with Gasteiger partial charge in [0.1, 0.15) is 5.82 Å². The predicted molar refractivity (Wildman–Crippen MR) is 87.5 cm³/mol. The third kappa shape index (κ3) is 3.04. The van der Waals surface area contributed by atoms with E-state index in [0.717, 1.165) is 36.6 Å². The van der Waals surface area contributed by atoms with Crippen LogP contribution in [0.5, 0.6) is 0 Å². The van der Waals surface area contributed by atoms with Crippen molar-refractivity contribution in [3.05, 3.63) is 41.6 Å². The molecule has 0 saturated heterocycles. The van der Waals surface area contributed by atoms with E-state index in [1.807, 2.05) is 12.1 Å². The summed E-state index contributed by atoms with van der Waals surface area (Å²) >= 11 is 0. The number of nitrogen functional groups attached to an aromatic ring is 1. The molecular formula is C17H24N4. The van der Waals surface area contributed by atoms with E-state index >= 15 is 0 Å². The normalized spacial score (nSPS) is 18.1. The van der Waals surface area contributed by atoms with E-state index in [4.69, 9.17) is 10.8 Å². The van der Waals surface area contributed by atoms with Crippen LogP contribution in [0.15, 0.2) is 30.3 Å². The lowest BCUT2D eigenvalue weighted by molar-refractivity contribution is 0.399. The second kappa shape index (κ2) is 5.10. The number of rotatable bonds is 2. The van der Waals surface area contributed by atoms with Crippen LogP contribution in [0.1, 0.15) is 44.5 Å². The third-order valence-corrected chi connectivity index (χ3v) is 3.84. The van der Waals surface area contributed by atoms with Crippen LogP contribution in [-0.4, -0.2) is 16.3 Å². The molecule has 1 aromatic heterocycles. The van der Waals surface area contributed by atoms with E-state index in [2.05, 4.69) is 49.0 Å². The molecule has 2 aromatic rings. The van der Waals surface area contributed by atoms with E-state index < -0.39 is 0 Å². The average Bonchev–Trinajstić information content (AvgIpc) is 2.79. The van der Waals surface area contributed by atoms with Gasteiger partial charge in [-0.25, -0.2) is 4.68 Å². The Labute approximate surface area is 126 Å². The zero-order valence-electron chi connectivity index (χ0n) is 13.1. The summed E-state index contributed by atoms with van der Waals surface area (Å²) in [7, 11) is 0. The van der Waals surface area contributed by atoms with Gasteiger partial charge in [0.2, 0.25) is 0 Å². The minimum atomic E-state index is 0.251.